The average molecular weight is 418 g/mol. The number of halogens is 1. The summed E-state index contributed by atoms with van der Waals surface area (Å²) >= 11 is 5.06. The third-order valence-electron chi connectivity index (χ3n) is 4.18. The van der Waals surface area contributed by atoms with Gasteiger partial charge >= 0.3 is 0 Å². The molecule has 3 aromatic rings. The van der Waals surface area contributed by atoms with Gasteiger partial charge in [0.25, 0.3) is 5.91 Å². The van der Waals surface area contributed by atoms with Crippen molar-refractivity contribution in [3.8, 4) is 0 Å². The molecule has 0 saturated carbocycles. The van der Waals surface area contributed by atoms with Crippen LogP contribution in [0.2, 0.25) is 0 Å². The maximum absolute atomic E-state index is 12.8. The molecule has 1 aromatic carbocycles. The number of hydrogen-bond donors (Lipinski definition) is 0. The van der Waals surface area contributed by atoms with E-state index in [0.717, 1.165) is 27.5 Å². The van der Waals surface area contributed by atoms with Gasteiger partial charge in [-0.3, -0.25) is 4.79 Å². The Labute approximate surface area is 158 Å². The van der Waals surface area contributed by atoms with Crippen molar-refractivity contribution in [2.45, 2.75) is 17.3 Å². The van der Waals surface area contributed by atoms with E-state index in [1.165, 1.54) is 5.56 Å². The molecule has 0 N–H and O–H groups in total. The number of benzene rings is 1. The number of aromatic nitrogens is 2. The number of amides is 1. The number of nitrogens with zero attached hydrogens (tertiary/aromatic N) is 3. The number of aryl methyl sites for hydroxylation is 1. The van der Waals surface area contributed by atoms with Crippen LogP contribution in [0.25, 0.3) is 0 Å². The van der Waals surface area contributed by atoms with Crippen molar-refractivity contribution in [2.24, 2.45) is 7.05 Å². The molecule has 2 aromatic heterocycles. The van der Waals surface area contributed by atoms with Gasteiger partial charge in [0, 0.05) is 36.1 Å². The predicted molar refractivity (Wildman–Crippen MR) is 101 cm³/mol. The van der Waals surface area contributed by atoms with Crippen LogP contribution < -0.4 is 4.90 Å². The molecule has 3 heterocycles. The minimum absolute atomic E-state index is 0.0886. The molecule has 0 aliphatic carbocycles. The summed E-state index contributed by atoms with van der Waals surface area (Å²) in [6.07, 6.45) is 4.54. The lowest BCUT2D eigenvalue weighted by Crippen LogP contribution is -2.28. The smallest absolute Gasteiger partial charge is 0.293 e. The summed E-state index contributed by atoms with van der Waals surface area (Å²) in [5.41, 5.74) is 2.15. The zero-order valence-electron chi connectivity index (χ0n) is 13.6. The fourth-order valence-corrected chi connectivity index (χ4v) is 4.15. The number of fused-ring (bicyclic) bond motifs is 1. The maximum Gasteiger partial charge on any atom is 0.293 e. The van der Waals surface area contributed by atoms with E-state index in [9.17, 15) is 4.79 Å². The summed E-state index contributed by atoms with van der Waals surface area (Å²) in [5, 5.41) is 0.920. The molecular weight excluding hydrogens is 402 g/mol. The molecule has 25 heavy (non-hydrogen) atoms. The zero-order chi connectivity index (χ0) is 17.4. The molecule has 0 bridgehead atoms. The van der Waals surface area contributed by atoms with E-state index in [4.69, 9.17) is 4.42 Å². The van der Waals surface area contributed by atoms with Gasteiger partial charge in [-0.05, 0) is 42.3 Å². The Morgan fingerprint density at radius 1 is 1.36 bits per heavy atom. The third-order valence-corrected chi connectivity index (χ3v) is 5.75. The zero-order valence-corrected chi connectivity index (χ0v) is 16.0. The highest BCUT2D eigenvalue weighted by Gasteiger charge is 2.27. The van der Waals surface area contributed by atoms with E-state index < -0.39 is 0 Å². The van der Waals surface area contributed by atoms with Crippen molar-refractivity contribution < 1.29 is 9.21 Å². The molecule has 4 rings (SSSR count). The number of carbonyl (C=O) groups excluding carboxylic acids is 1. The molecule has 0 saturated heterocycles. The molecule has 0 fully saturated rings. The second-order valence-electron chi connectivity index (χ2n) is 5.86. The van der Waals surface area contributed by atoms with Gasteiger partial charge in [-0.1, -0.05) is 27.7 Å². The monoisotopic (exact) mass is 417 g/mol. The van der Waals surface area contributed by atoms with E-state index in [1.54, 1.807) is 28.9 Å². The average Bonchev–Trinajstić information content (AvgIpc) is 3.31. The molecule has 1 aliphatic rings. The van der Waals surface area contributed by atoms with Crippen molar-refractivity contribution in [1.82, 2.24) is 9.55 Å². The van der Waals surface area contributed by atoms with Crippen molar-refractivity contribution in [2.75, 3.05) is 11.4 Å². The Kier molecular flexibility index (Phi) is 4.43. The largest absolute Gasteiger partial charge is 0.455 e. The molecule has 0 atom stereocenters. The molecule has 0 radical (unpaired) electrons. The van der Waals surface area contributed by atoms with E-state index in [0.29, 0.717) is 18.1 Å². The van der Waals surface area contributed by atoms with E-state index >= 15 is 0 Å². The lowest BCUT2D eigenvalue weighted by molar-refractivity contribution is 0.0961. The van der Waals surface area contributed by atoms with Crippen LogP contribution in [0, 0.1) is 0 Å². The Hall–Kier alpha value is -1.99. The first-order valence-corrected chi connectivity index (χ1v) is 9.69. The highest BCUT2D eigenvalue weighted by atomic mass is 79.9. The summed E-state index contributed by atoms with van der Waals surface area (Å²) in [5.74, 6) is 1.70. The fraction of sp³-hybridized carbons (Fsp3) is 0.222. The van der Waals surface area contributed by atoms with Gasteiger partial charge in [-0.15, -0.1) is 0 Å². The first kappa shape index (κ1) is 16.5. The lowest BCUT2D eigenvalue weighted by Gasteiger charge is -2.15. The summed E-state index contributed by atoms with van der Waals surface area (Å²) < 4.78 is 8.77. The van der Waals surface area contributed by atoms with E-state index in [-0.39, 0.29) is 5.91 Å². The van der Waals surface area contributed by atoms with Crippen molar-refractivity contribution in [3.05, 3.63) is 64.3 Å². The van der Waals surface area contributed by atoms with Crippen LogP contribution in [0.3, 0.4) is 0 Å². The SMILES string of the molecule is Cn1ccnc1SCc1ccc(C(=O)N2CCc3cc(Br)ccc32)o1. The molecule has 7 heteroatoms. The van der Waals surface area contributed by atoms with Gasteiger partial charge in [0.2, 0.25) is 0 Å². The predicted octanol–water partition coefficient (Wildman–Crippen LogP) is 4.27. The lowest BCUT2D eigenvalue weighted by atomic mass is 10.2. The highest BCUT2D eigenvalue weighted by Crippen LogP contribution is 2.32. The Balaban J connectivity index is 1.47. The van der Waals surface area contributed by atoms with Crippen LogP contribution in [0.5, 0.6) is 0 Å². The highest BCUT2D eigenvalue weighted by molar-refractivity contribution is 9.10. The minimum Gasteiger partial charge on any atom is -0.455 e. The third kappa shape index (κ3) is 3.26. The number of rotatable bonds is 4. The van der Waals surface area contributed by atoms with Gasteiger partial charge in [0.05, 0.1) is 5.75 Å². The number of hydrogen-bond acceptors (Lipinski definition) is 4. The number of imidazole rings is 1. The summed E-state index contributed by atoms with van der Waals surface area (Å²) in [6, 6.07) is 9.63. The second kappa shape index (κ2) is 6.72. The van der Waals surface area contributed by atoms with Gasteiger partial charge in [0.15, 0.2) is 10.9 Å². The Morgan fingerprint density at radius 3 is 3.04 bits per heavy atom. The van der Waals surface area contributed by atoms with Gasteiger partial charge < -0.3 is 13.9 Å². The van der Waals surface area contributed by atoms with Gasteiger partial charge in [-0.2, -0.15) is 0 Å². The fourth-order valence-electron chi connectivity index (χ4n) is 2.91. The maximum atomic E-state index is 12.8. The molecular formula is C18H16BrN3O2S. The van der Waals surface area contributed by atoms with Gasteiger partial charge in [0.1, 0.15) is 5.76 Å². The second-order valence-corrected chi connectivity index (χ2v) is 7.71. The molecule has 1 aliphatic heterocycles. The molecule has 5 nitrogen and oxygen atoms in total. The standard InChI is InChI=1S/C18H16BrN3O2S/c1-21-9-7-20-18(21)25-11-14-3-5-16(24-14)17(23)22-8-6-12-10-13(19)2-4-15(12)22/h2-5,7,9-10H,6,8,11H2,1H3. The van der Waals surface area contributed by atoms with Crippen LogP contribution >= 0.6 is 27.7 Å². The van der Waals surface area contributed by atoms with Crippen LogP contribution in [0.15, 0.2) is 56.8 Å². The van der Waals surface area contributed by atoms with Gasteiger partial charge in [-0.25, -0.2) is 4.98 Å². The van der Waals surface area contributed by atoms with Crippen molar-refractivity contribution in [3.63, 3.8) is 0 Å². The number of anilines is 1. The Bertz CT molecular complexity index is 934. The van der Waals surface area contributed by atoms with Crippen molar-refractivity contribution >= 4 is 39.3 Å². The molecule has 0 unspecified atom stereocenters. The first-order chi connectivity index (χ1) is 12.1. The topological polar surface area (TPSA) is 51.3 Å². The summed E-state index contributed by atoms with van der Waals surface area (Å²) in [6.45, 7) is 0.683. The molecule has 1 amide bonds. The van der Waals surface area contributed by atoms with Crippen LogP contribution in [0.1, 0.15) is 21.9 Å². The number of thioether (sulfide) groups is 1. The quantitative estimate of drug-likeness (QED) is 0.594. The van der Waals surface area contributed by atoms with E-state index in [2.05, 4.69) is 27.0 Å². The van der Waals surface area contributed by atoms with Crippen LogP contribution in [-0.4, -0.2) is 22.0 Å². The van der Waals surface area contributed by atoms with Crippen LogP contribution in [0.4, 0.5) is 5.69 Å². The summed E-state index contributed by atoms with van der Waals surface area (Å²) in [7, 11) is 1.95. The molecule has 0 spiro atoms. The minimum atomic E-state index is -0.0886. The number of furan rings is 1. The normalized spacial score (nSPS) is 13.3. The van der Waals surface area contributed by atoms with Crippen LogP contribution in [-0.2, 0) is 19.2 Å². The number of carbonyl (C=O) groups is 1. The summed E-state index contributed by atoms with van der Waals surface area (Å²) in [4.78, 5) is 18.9. The molecule has 128 valence electrons. The van der Waals surface area contributed by atoms with Crippen molar-refractivity contribution in [1.29, 1.82) is 0 Å². The Morgan fingerprint density at radius 2 is 2.24 bits per heavy atom. The van der Waals surface area contributed by atoms with E-state index in [1.807, 2.05) is 36.0 Å². The first-order valence-electron chi connectivity index (χ1n) is 7.91.